The second kappa shape index (κ2) is 7.53. The largest absolute Gasteiger partial charge is 0.494 e. The molecule has 2 aromatic carbocycles. The second-order valence-corrected chi connectivity index (χ2v) is 5.44. The topological polar surface area (TPSA) is 82.3 Å². The Balaban J connectivity index is 1.77. The van der Waals surface area contributed by atoms with E-state index in [9.17, 15) is 0 Å². The summed E-state index contributed by atoms with van der Waals surface area (Å²) in [4.78, 5) is 8.31. The van der Waals surface area contributed by atoms with Gasteiger partial charge in [-0.2, -0.15) is 4.98 Å². The normalized spacial score (nSPS) is 10.3. The zero-order valence-electron chi connectivity index (χ0n) is 14.2. The zero-order chi connectivity index (χ0) is 17.6. The van der Waals surface area contributed by atoms with Gasteiger partial charge in [-0.05, 0) is 50.2 Å². The van der Waals surface area contributed by atoms with Crippen LogP contribution in [0, 0.1) is 6.92 Å². The summed E-state index contributed by atoms with van der Waals surface area (Å²) < 4.78 is 11.2. The van der Waals surface area contributed by atoms with Crippen molar-refractivity contribution in [1.29, 1.82) is 0 Å². The molecule has 6 nitrogen and oxygen atoms in total. The molecule has 0 fully saturated rings. The van der Waals surface area contributed by atoms with Crippen LogP contribution in [0.2, 0.25) is 0 Å². The van der Waals surface area contributed by atoms with Gasteiger partial charge in [0.05, 0.1) is 6.61 Å². The van der Waals surface area contributed by atoms with E-state index in [1.807, 2.05) is 62.4 Å². The van der Waals surface area contributed by atoms with Crippen LogP contribution in [0.4, 0.5) is 17.2 Å². The van der Waals surface area contributed by atoms with Crippen molar-refractivity contribution in [3.63, 3.8) is 0 Å². The van der Waals surface area contributed by atoms with E-state index in [1.165, 1.54) is 6.33 Å². The Hall–Kier alpha value is -3.28. The third-order valence-electron chi connectivity index (χ3n) is 3.51. The van der Waals surface area contributed by atoms with Gasteiger partial charge in [0.2, 0.25) is 5.88 Å². The van der Waals surface area contributed by atoms with Gasteiger partial charge < -0.3 is 20.5 Å². The Kier molecular flexibility index (Phi) is 4.99. The first kappa shape index (κ1) is 16.6. The highest BCUT2D eigenvalue weighted by molar-refractivity contribution is 5.72. The third-order valence-corrected chi connectivity index (χ3v) is 3.51. The minimum absolute atomic E-state index is 0.312. The summed E-state index contributed by atoms with van der Waals surface area (Å²) in [5.41, 5.74) is 8.49. The fourth-order valence-electron chi connectivity index (χ4n) is 2.22. The second-order valence-electron chi connectivity index (χ2n) is 5.44. The average Bonchev–Trinajstić information content (AvgIpc) is 2.62. The molecule has 0 aliphatic rings. The molecule has 6 heteroatoms. The number of nitrogens with one attached hydrogen (secondary N) is 1. The lowest BCUT2D eigenvalue weighted by Gasteiger charge is -2.12. The standard InChI is InChI=1S/C19H20N4O2/c1-3-24-15-10-6-14(7-11-15)23-18-17(20)19(22-12-21-18)25-16-8-4-13(2)5-9-16/h4-12H,3,20H2,1-2H3,(H,21,22,23). The first-order valence-electron chi connectivity index (χ1n) is 8.00. The quantitative estimate of drug-likeness (QED) is 0.698. The fourth-order valence-corrected chi connectivity index (χ4v) is 2.22. The number of benzene rings is 2. The van der Waals surface area contributed by atoms with E-state index in [0.29, 0.717) is 29.7 Å². The molecular weight excluding hydrogens is 316 g/mol. The Morgan fingerprint density at radius 1 is 0.960 bits per heavy atom. The predicted molar refractivity (Wildman–Crippen MR) is 98.6 cm³/mol. The van der Waals surface area contributed by atoms with Gasteiger partial charge in [0, 0.05) is 5.69 Å². The van der Waals surface area contributed by atoms with Crippen LogP contribution < -0.4 is 20.5 Å². The summed E-state index contributed by atoms with van der Waals surface area (Å²) in [7, 11) is 0. The molecule has 0 bridgehead atoms. The molecule has 0 saturated heterocycles. The van der Waals surface area contributed by atoms with Crippen LogP contribution in [0.1, 0.15) is 12.5 Å². The first-order valence-corrected chi connectivity index (χ1v) is 8.00. The Labute approximate surface area is 146 Å². The minimum Gasteiger partial charge on any atom is -0.494 e. The number of nitrogens with zero attached hydrogens (tertiary/aromatic N) is 2. The lowest BCUT2D eigenvalue weighted by molar-refractivity contribution is 0.340. The number of nitrogens with two attached hydrogens (primary N) is 1. The molecule has 3 N–H and O–H groups in total. The summed E-state index contributed by atoms with van der Waals surface area (Å²) in [6.45, 7) is 4.59. The van der Waals surface area contributed by atoms with Crippen molar-refractivity contribution in [1.82, 2.24) is 9.97 Å². The molecule has 128 valence electrons. The molecular formula is C19H20N4O2. The summed E-state index contributed by atoms with van der Waals surface area (Å²) in [6.07, 6.45) is 1.41. The molecule has 0 saturated carbocycles. The zero-order valence-corrected chi connectivity index (χ0v) is 14.2. The van der Waals surface area contributed by atoms with E-state index < -0.39 is 0 Å². The van der Waals surface area contributed by atoms with Crippen molar-refractivity contribution in [2.45, 2.75) is 13.8 Å². The van der Waals surface area contributed by atoms with Gasteiger partial charge in [-0.1, -0.05) is 17.7 Å². The number of aryl methyl sites for hydroxylation is 1. The summed E-state index contributed by atoms with van der Waals surface area (Å²) in [5, 5.41) is 3.17. The number of hydrogen-bond donors (Lipinski definition) is 2. The average molecular weight is 336 g/mol. The molecule has 0 unspecified atom stereocenters. The van der Waals surface area contributed by atoms with Crippen LogP contribution in [0.5, 0.6) is 17.4 Å². The van der Waals surface area contributed by atoms with Crippen molar-refractivity contribution in [3.05, 3.63) is 60.4 Å². The van der Waals surface area contributed by atoms with E-state index in [-0.39, 0.29) is 0 Å². The van der Waals surface area contributed by atoms with Crippen LogP contribution in [-0.2, 0) is 0 Å². The van der Waals surface area contributed by atoms with Crippen molar-refractivity contribution in [2.75, 3.05) is 17.7 Å². The maximum Gasteiger partial charge on any atom is 0.248 e. The molecule has 1 aromatic heterocycles. The van der Waals surface area contributed by atoms with Crippen LogP contribution >= 0.6 is 0 Å². The van der Waals surface area contributed by atoms with Gasteiger partial charge in [-0.15, -0.1) is 0 Å². The molecule has 0 amide bonds. The SMILES string of the molecule is CCOc1ccc(Nc2ncnc(Oc3ccc(C)cc3)c2N)cc1. The first-order chi connectivity index (χ1) is 12.2. The lowest BCUT2D eigenvalue weighted by atomic mass is 10.2. The molecule has 3 rings (SSSR count). The molecule has 0 radical (unpaired) electrons. The van der Waals surface area contributed by atoms with Crippen molar-refractivity contribution >= 4 is 17.2 Å². The molecule has 0 atom stereocenters. The number of aromatic nitrogens is 2. The Morgan fingerprint density at radius 2 is 1.64 bits per heavy atom. The van der Waals surface area contributed by atoms with Gasteiger partial charge in [-0.3, -0.25) is 0 Å². The number of ether oxygens (including phenoxy) is 2. The van der Waals surface area contributed by atoms with Gasteiger partial charge in [0.25, 0.3) is 0 Å². The number of anilines is 3. The van der Waals surface area contributed by atoms with E-state index >= 15 is 0 Å². The van der Waals surface area contributed by atoms with Gasteiger partial charge in [0.1, 0.15) is 23.5 Å². The highest BCUT2D eigenvalue weighted by Crippen LogP contribution is 2.31. The van der Waals surface area contributed by atoms with Gasteiger partial charge in [0.15, 0.2) is 5.82 Å². The predicted octanol–water partition coefficient (Wildman–Crippen LogP) is 4.30. The van der Waals surface area contributed by atoms with E-state index in [2.05, 4.69) is 15.3 Å². The molecule has 3 aromatic rings. The van der Waals surface area contributed by atoms with Gasteiger partial charge in [-0.25, -0.2) is 4.98 Å². The van der Waals surface area contributed by atoms with Crippen LogP contribution in [0.3, 0.4) is 0 Å². The molecule has 1 heterocycles. The number of nitrogen functional groups attached to an aromatic ring is 1. The van der Waals surface area contributed by atoms with E-state index in [0.717, 1.165) is 17.0 Å². The van der Waals surface area contributed by atoms with Crippen molar-refractivity contribution < 1.29 is 9.47 Å². The van der Waals surface area contributed by atoms with Crippen molar-refractivity contribution in [2.24, 2.45) is 0 Å². The summed E-state index contributed by atoms with van der Waals surface area (Å²) >= 11 is 0. The Bertz CT molecular complexity index is 833. The molecule has 0 aliphatic heterocycles. The summed E-state index contributed by atoms with van der Waals surface area (Å²) in [6, 6.07) is 15.2. The maximum atomic E-state index is 6.15. The van der Waals surface area contributed by atoms with Crippen LogP contribution in [-0.4, -0.2) is 16.6 Å². The van der Waals surface area contributed by atoms with Crippen molar-refractivity contribution in [3.8, 4) is 17.4 Å². The van der Waals surface area contributed by atoms with E-state index in [4.69, 9.17) is 15.2 Å². The Morgan fingerprint density at radius 3 is 2.32 bits per heavy atom. The van der Waals surface area contributed by atoms with E-state index in [1.54, 1.807) is 0 Å². The molecule has 25 heavy (non-hydrogen) atoms. The highest BCUT2D eigenvalue weighted by Gasteiger charge is 2.10. The fraction of sp³-hybridized carbons (Fsp3) is 0.158. The minimum atomic E-state index is 0.312. The lowest BCUT2D eigenvalue weighted by Crippen LogP contribution is -2.03. The monoisotopic (exact) mass is 336 g/mol. The summed E-state index contributed by atoms with van der Waals surface area (Å²) in [5.74, 6) is 2.28. The third kappa shape index (κ3) is 4.17. The number of rotatable bonds is 6. The molecule has 0 aliphatic carbocycles. The highest BCUT2D eigenvalue weighted by atomic mass is 16.5. The molecule has 0 spiro atoms. The van der Waals surface area contributed by atoms with Crippen LogP contribution in [0.25, 0.3) is 0 Å². The van der Waals surface area contributed by atoms with Gasteiger partial charge >= 0.3 is 0 Å². The maximum absolute atomic E-state index is 6.15. The number of hydrogen-bond acceptors (Lipinski definition) is 6. The van der Waals surface area contributed by atoms with Crippen LogP contribution in [0.15, 0.2) is 54.9 Å². The smallest absolute Gasteiger partial charge is 0.248 e.